The van der Waals surface area contributed by atoms with E-state index in [1.54, 1.807) is 0 Å². The fraction of sp³-hybridized carbons (Fsp3) is 0.852. The highest BCUT2D eigenvalue weighted by Crippen LogP contribution is 2.43. The van der Waals surface area contributed by atoms with Crippen molar-refractivity contribution in [3.63, 3.8) is 0 Å². The highest BCUT2D eigenvalue weighted by atomic mass is 31.2. The van der Waals surface area contributed by atoms with E-state index in [2.05, 4.69) is 13.5 Å². The number of phosphoric ester groups is 1. The molecule has 0 fully saturated rings. The molecule has 9 nitrogen and oxygen atoms in total. The van der Waals surface area contributed by atoms with Gasteiger partial charge in [0.15, 0.2) is 6.10 Å². The second-order valence-electron chi connectivity index (χ2n) is 10.6. The van der Waals surface area contributed by atoms with Crippen LogP contribution in [-0.4, -0.2) is 74.9 Å². The number of carbonyl (C=O) groups is 2. The van der Waals surface area contributed by atoms with Crippen LogP contribution < -0.4 is 0 Å². The lowest BCUT2D eigenvalue weighted by Gasteiger charge is -2.24. The molecule has 0 radical (unpaired) electrons. The molecule has 0 aliphatic rings. The number of nitrogens with zero attached hydrogens (tertiary/aromatic N) is 1. The lowest BCUT2D eigenvalue weighted by atomic mass is 10.0. The number of unbranched alkanes of at least 4 members (excludes halogenated alkanes) is 12. The maximum Gasteiger partial charge on any atom is 0.472 e. The Labute approximate surface area is 225 Å². The van der Waals surface area contributed by atoms with Crippen molar-refractivity contribution in [2.45, 2.75) is 103 Å². The lowest BCUT2D eigenvalue weighted by Crippen LogP contribution is -2.37. The van der Waals surface area contributed by atoms with Crippen LogP contribution in [0.2, 0.25) is 0 Å². The topological polar surface area (TPSA) is 108 Å². The van der Waals surface area contributed by atoms with Gasteiger partial charge in [-0.2, -0.15) is 0 Å². The summed E-state index contributed by atoms with van der Waals surface area (Å²) in [5.74, 6) is -1.16. The summed E-state index contributed by atoms with van der Waals surface area (Å²) in [6.45, 7) is 5.35. The molecule has 0 spiro atoms. The van der Waals surface area contributed by atoms with Crippen molar-refractivity contribution in [3.8, 4) is 0 Å². The number of phosphoric acid groups is 1. The molecule has 0 aromatic carbocycles. The van der Waals surface area contributed by atoms with Crippen LogP contribution in [0.1, 0.15) is 96.8 Å². The molecule has 37 heavy (non-hydrogen) atoms. The first-order valence-electron chi connectivity index (χ1n) is 13.9. The van der Waals surface area contributed by atoms with Gasteiger partial charge in [0.1, 0.15) is 19.8 Å². The molecule has 0 saturated carbocycles. The third-order valence-corrected chi connectivity index (χ3v) is 6.79. The quantitative estimate of drug-likeness (QED) is 0.0489. The number of ether oxygens (including phenoxy) is 2. The summed E-state index contributed by atoms with van der Waals surface area (Å²) in [6.07, 6.45) is 16.0. The number of rotatable bonds is 25. The molecule has 218 valence electrons. The fourth-order valence-corrected chi connectivity index (χ4v) is 4.26. The average Bonchev–Trinajstić information content (AvgIpc) is 2.82. The Morgan fingerprint density at radius 2 is 1.38 bits per heavy atom. The number of quaternary nitrogens is 1. The molecule has 0 aliphatic carbocycles. The zero-order valence-corrected chi connectivity index (χ0v) is 24.7. The minimum atomic E-state index is -4.34. The molecule has 0 aliphatic heterocycles. The Morgan fingerprint density at radius 3 is 1.86 bits per heavy atom. The Balaban J connectivity index is 4.06. The fourth-order valence-electron chi connectivity index (χ4n) is 3.52. The lowest BCUT2D eigenvalue weighted by molar-refractivity contribution is -0.870. The third-order valence-electron chi connectivity index (χ3n) is 5.80. The van der Waals surface area contributed by atoms with E-state index in [0.717, 1.165) is 25.3 Å². The molecule has 1 N–H and O–H groups in total. The van der Waals surface area contributed by atoms with E-state index in [4.69, 9.17) is 18.5 Å². The van der Waals surface area contributed by atoms with Crippen LogP contribution in [0.5, 0.6) is 0 Å². The van der Waals surface area contributed by atoms with Crippen molar-refractivity contribution in [2.24, 2.45) is 0 Å². The zero-order valence-electron chi connectivity index (χ0n) is 23.8. The first-order chi connectivity index (χ1) is 17.5. The van der Waals surface area contributed by atoms with Crippen LogP contribution in [0.3, 0.4) is 0 Å². The van der Waals surface area contributed by atoms with Crippen molar-refractivity contribution in [2.75, 3.05) is 47.5 Å². The largest absolute Gasteiger partial charge is 0.472 e. The number of hydrogen-bond acceptors (Lipinski definition) is 7. The van der Waals surface area contributed by atoms with Crippen molar-refractivity contribution in [1.29, 1.82) is 0 Å². The Bertz CT molecular complexity index is 665. The van der Waals surface area contributed by atoms with Gasteiger partial charge in [0.2, 0.25) is 0 Å². The third kappa shape index (κ3) is 24.8. The van der Waals surface area contributed by atoms with Gasteiger partial charge in [-0.3, -0.25) is 13.8 Å². The van der Waals surface area contributed by atoms with Crippen molar-refractivity contribution in [1.82, 2.24) is 0 Å². The smallest absolute Gasteiger partial charge is 0.462 e. The molecule has 2 atom stereocenters. The highest BCUT2D eigenvalue weighted by Gasteiger charge is 2.26. The summed E-state index contributed by atoms with van der Waals surface area (Å²) >= 11 is 0. The zero-order chi connectivity index (χ0) is 28.0. The summed E-state index contributed by atoms with van der Waals surface area (Å²) in [5.41, 5.74) is 0. The Kier molecular flexibility index (Phi) is 20.9. The van der Waals surface area contributed by atoms with E-state index in [1.165, 1.54) is 64.2 Å². The van der Waals surface area contributed by atoms with Crippen LogP contribution >= 0.6 is 7.82 Å². The van der Waals surface area contributed by atoms with Gasteiger partial charge in [0.25, 0.3) is 0 Å². The minimum Gasteiger partial charge on any atom is -0.462 e. The molecule has 0 rings (SSSR count). The first-order valence-corrected chi connectivity index (χ1v) is 15.4. The number of likely N-dealkylation sites (N-methyl/N-ethyl adjacent to an activating group) is 1. The Hall–Kier alpha value is -1.25. The molecule has 0 saturated heterocycles. The van der Waals surface area contributed by atoms with Crippen LogP contribution in [0.25, 0.3) is 0 Å². The second kappa shape index (κ2) is 21.7. The minimum absolute atomic E-state index is 0.0164. The number of esters is 2. The van der Waals surface area contributed by atoms with Gasteiger partial charge in [-0.25, -0.2) is 9.36 Å². The van der Waals surface area contributed by atoms with Crippen LogP contribution in [-0.2, 0) is 32.7 Å². The summed E-state index contributed by atoms with van der Waals surface area (Å²) in [5, 5.41) is 0. The van der Waals surface area contributed by atoms with Gasteiger partial charge in [-0.05, 0) is 6.42 Å². The van der Waals surface area contributed by atoms with E-state index >= 15 is 0 Å². The van der Waals surface area contributed by atoms with E-state index in [0.29, 0.717) is 11.0 Å². The summed E-state index contributed by atoms with van der Waals surface area (Å²) in [6, 6.07) is 0. The summed E-state index contributed by atoms with van der Waals surface area (Å²) in [7, 11) is 1.42. The summed E-state index contributed by atoms with van der Waals surface area (Å²) in [4.78, 5) is 33.5. The molecule has 0 aromatic rings. The van der Waals surface area contributed by atoms with Gasteiger partial charge in [-0.1, -0.05) is 90.6 Å². The molecular formula is C27H53NO8P+. The number of carbonyl (C=O) groups excluding carboxylic acids is 2. The van der Waals surface area contributed by atoms with Gasteiger partial charge in [-0.15, -0.1) is 0 Å². The van der Waals surface area contributed by atoms with Gasteiger partial charge in [0.05, 0.1) is 27.7 Å². The molecule has 0 amide bonds. The summed E-state index contributed by atoms with van der Waals surface area (Å²) < 4.78 is 32.8. The normalized spacial score (nSPS) is 14.1. The molecule has 0 bridgehead atoms. The Morgan fingerprint density at radius 1 is 0.865 bits per heavy atom. The molecule has 0 aromatic heterocycles. The predicted octanol–water partition coefficient (Wildman–Crippen LogP) is 5.95. The molecular weight excluding hydrogens is 497 g/mol. The molecule has 10 heteroatoms. The average molecular weight is 551 g/mol. The van der Waals surface area contributed by atoms with Crippen LogP contribution in [0.15, 0.2) is 12.7 Å². The molecule has 0 heterocycles. The van der Waals surface area contributed by atoms with Gasteiger partial charge < -0.3 is 18.9 Å². The van der Waals surface area contributed by atoms with E-state index in [1.807, 2.05) is 21.1 Å². The first kappa shape index (κ1) is 35.8. The van der Waals surface area contributed by atoms with Crippen LogP contribution in [0, 0.1) is 0 Å². The van der Waals surface area contributed by atoms with Crippen molar-refractivity contribution < 1.29 is 42.1 Å². The van der Waals surface area contributed by atoms with Gasteiger partial charge >= 0.3 is 19.8 Å². The SMILES string of the molecule is C=CC(=O)O[C@H](COC(=O)CCCCCCCCCCCCCCC)COP(=O)(O)OCC[N+](C)(C)C. The van der Waals surface area contributed by atoms with E-state index < -0.39 is 32.5 Å². The maximum atomic E-state index is 12.1. The number of hydrogen-bond donors (Lipinski definition) is 1. The van der Waals surface area contributed by atoms with E-state index in [-0.39, 0.29) is 19.6 Å². The van der Waals surface area contributed by atoms with Crippen molar-refractivity contribution in [3.05, 3.63) is 12.7 Å². The van der Waals surface area contributed by atoms with E-state index in [9.17, 15) is 19.0 Å². The monoisotopic (exact) mass is 550 g/mol. The highest BCUT2D eigenvalue weighted by molar-refractivity contribution is 7.47. The maximum absolute atomic E-state index is 12.1. The van der Waals surface area contributed by atoms with Gasteiger partial charge in [0, 0.05) is 12.5 Å². The molecule has 1 unspecified atom stereocenters. The van der Waals surface area contributed by atoms with Crippen molar-refractivity contribution >= 4 is 19.8 Å². The van der Waals surface area contributed by atoms with Crippen LogP contribution in [0.4, 0.5) is 0 Å². The predicted molar refractivity (Wildman–Crippen MR) is 146 cm³/mol. The standard InChI is InChI=1S/C27H52NO8P/c1-6-8-9-10-11-12-13-14-15-16-17-18-19-20-27(30)33-23-25(36-26(29)7-2)24-35-37(31,32)34-22-21-28(3,4)5/h7,25H,2,6,8-24H2,1,3-5H3/p+1/t25-/m1/s1. The second-order valence-corrected chi connectivity index (χ2v) is 12.0.